The van der Waals surface area contributed by atoms with E-state index in [4.69, 9.17) is 0 Å². The molecule has 7 aromatic carbocycles. The van der Waals surface area contributed by atoms with Crippen LogP contribution in [-0.2, 0) is 22.4 Å². The van der Waals surface area contributed by atoms with Gasteiger partial charge in [-0.2, -0.15) is 6.20 Å². The van der Waals surface area contributed by atoms with Crippen LogP contribution in [0.15, 0.2) is 255 Å². The van der Waals surface area contributed by atoms with Crippen LogP contribution in [0.4, 0.5) is 0 Å². The third kappa shape index (κ3) is 11.8. The monoisotopic (exact) mass is 947 g/mol. The molecule has 0 bridgehead atoms. The summed E-state index contributed by atoms with van der Waals surface area (Å²) in [6.45, 7) is 2.07. The van der Waals surface area contributed by atoms with Gasteiger partial charge in [0, 0.05) is 11.9 Å². The summed E-state index contributed by atoms with van der Waals surface area (Å²) in [5, 5.41) is 21.9. The minimum Gasteiger partial charge on any atom is -0.679 e. The van der Waals surface area contributed by atoms with Gasteiger partial charge in [0.05, 0.1) is 15.8 Å². The van der Waals surface area contributed by atoms with Crippen LogP contribution in [0, 0.1) is 6.92 Å². The van der Waals surface area contributed by atoms with Gasteiger partial charge in [0.2, 0.25) is 0 Å². The van der Waals surface area contributed by atoms with Gasteiger partial charge in [0.1, 0.15) is 43.3 Å². The van der Waals surface area contributed by atoms with Crippen molar-refractivity contribution in [3.05, 3.63) is 272 Å². The van der Waals surface area contributed by atoms with E-state index < -0.39 is 15.8 Å². The van der Waals surface area contributed by atoms with Crippen LogP contribution in [0.25, 0.3) is 22.5 Å². The number of aryl methyl sites for hydroxylation is 1. The fourth-order valence-electron chi connectivity index (χ4n) is 7.29. The van der Waals surface area contributed by atoms with Gasteiger partial charge in [-0.15, -0.1) is 10.2 Å². The normalized spacial score (nSPS) is 12.5. The first kappa shape index (κ1) is 44.8. The summed E-state index contributed by atoms with van der Waals surface area (Å²) in [6, 6.07) is 78.9. The molecule has 5 nitrogen and oxygen atoms in total. The standard InChI is InChI=1S/C19H16N5.2C18H15P.Ag/c1-14-8-10-15(11-9-14)24-18(16-6-2-4-12-20-16)22-23-19(24)17-7-3-5-13-21-17;2*1-4-10-16(11-5-1)19(17-12-6-2-7-13-17)18-14-8-3-9-15-18;/h2-13,16H,1H3;2*1-15H;/q-1;;;+1/p+2. The summed E-state index contributed by atoms with van der Waals surface area (Å²) in [7, 11) is -1.75. The minimum absolute atomic E-state index is 0. The van der Waals surface area contributed by atoms with E-state index in [1.807, 2.05) is 41.0 Å². The fourth-order valence-corrected chi connectivity index (χ4v) is 12.4. The number of hydrogen-bond acceptors (Lipinski definition) is 3. The summed E-state index contributed by atoms with van der Waals surface area (Å²) in [5.41, 5.74) is 2.99. The zero-order chi connectivity index (χ0) is 42.2. The number of hydrogen-bond donors (Lipinski definition) is 0. The molecule has 0 fully saturated rings. The molecule has 1 aliphatic heterocycles. The van der Waals surface area contributed by atoms with Crippen molar-refractivity contribution < 1.29 is 22.4 Å². The van der Waals surface area contributed by atoms with E-state index in [0.29, 0.717) is 5.82 Å². The predicted octanol–water partition coefficient (Wildman–Crippen LogP) is 10.5. The van der Waals surface area contributed by atoms with Gasteiger partial charge in [0.15, 0.2) is 5.82 Å². The van der Waals surface area contributed by atoms with Crippen LogP contribution in [-0.4, -0.2) is 19.7 Å². The van der Waals surface area contributed by atoms with Crippen molar-refractivity contribution in [2.75, 3.05) is 0 Å². The van der Waals surface area contributed by atoms with Crippen LogP contribution in [0.2, 0.25) is 0 Å². The van der Waals surface area contributed by atoms with E-state index in [1.54, 1.807) is 12.4 Å². The summed E-state index contributed by atoms with van der Waals surface area (Å²) >= 11 is 0. The van der Waals surface area contributed by atoms with Gasteiger partial charge < -0.3 is 5.32 Å². The van der Waals surface area contributed by atoms with Crippen LogP contribution in [0.1, 0.15) is 17.4 Å². The van der Waals surface area contributed by atoms with Crippen molar-refractivity contribution in [3.8, 4) is 17.2 Å². The average molecular weight is 949 g/mol. The molecule has 8 heteroatoms. The van der Waals surface area contributed by atoms with Crippen LogP contribution < -0.4 is 31.8 Å². The van der Waals surface area contributed by atoms with Crippen molar-refractivity contribution in [3.63, 3.8) is 0 Å². The summed E-state index contributed by atoms with van der Waals surface area (Å²) in [4.78, 5) is 4.43. The van der Waals surface area contributed by atoms with Gasteiger partial charge >= 0.3 is 22.4 Å². The first-order valence-electron chi connectivity index (χ1n) is 20.8. The topological polar surface area (TPSA) is 57.7 Å². The number of nitrogens with zero attached hydrogens (tertiary/aromatic N) is 5. The Hall–Kier alpha value is -6.29. The molecule has 0 spiro atoms. The SMILES string of the molecule is Cc1ccc(-n2c(-c3ccccn3)nnc2C2C=CC=C[N-]2)cc1.[Ag+].c1ccc([PH+](c2ccccc2)c2ccccc2)cc1.c1ccc([PH+](c2ccccc2)c2ccccc2)cc1. The third-order valence-electron chi connectivity index (χ3n) is 10.3. The summed E-state index contributed by atoms with van der Waals surface area (Å²) in [6.07, 6.45) is 9.45. The Kier molecular flexibility index (Phi) is 16.5. The molecule has 1 atom stereocenters. The molecule has 0 aliphatic carbocycles. The van der Waals surface area contributed by atoms with Gasteiger partial charge in [-0.1, -0.05) is 151 Å². The molecule has 2 aromatic heterocycles. The maximum absolute atomic E-state index is 4.50. The molecule has 0 radical (unpaired) electrons. The van der Waals surface area contributed by atoms with Gasteiger partial charge in [-0.05, 0) is 110 Å². The number of rotatable bonds is 9. The predicted molar refractivity (Wildman–Crippen MR) is 267 cm³/mol. The molecular weight excluding hydrogens is 900 g/mol. The Labute approximate surface area is 389 Å². The van der Waals surface area contributed by atoms with Crippen molar-refractivity contribution >= 4 is 47.7 Å². The molecule has 0 saturated carbocycles. The molecule has 63 heavy (non-hydrogen) atoms. The van der Waals surface area contributed by atoms with E-state index >= 15 is 0 Å². The average Bonchev–Trinajstić information content (AvgIpc) is 3.81. The zero-order valence-electron chi connectivity index (χ0n) is 34.9. The molecule has 1 unspecified atom stereocenters. The minimum atomic E-state index is -0.877. The van der Waals surface area contributed by atoms with Crippen molar-refractivity contribution in [2.24, 2.45) is 0 Å². The van der Waals surface area contributed by atoms with Gasteiger partial charge in [0.25, 0.3) is 0 Å². The maximum Gasteiger partial charge on any atom is 1.00 e. The van der Waals surface area contributed by atoms with Crippen molar-refractivity contribution in [1.29, 1.82) is 0 Å². The quantitative estimate of drug-likeness (QED) is 0.107. The Morgan fingerprint density at radius 3 is 1.19 bits per heavy atom. The van der Waals surface area contributed by atoms with E-state index in [-0.39, 0.29) is 28.4 Å². The Morgan fingerprint density at radius 2 is 0.841 bits per heavy atom. The van der Waals surface area contributed by atoms with Crippen molar-refractivity contribution in [2.45, 2.75) is 13.0 Å². The second-order valence-electron chi connectivity index (χ2n) is 14.5. The molecule has 0 saturated heterocycles. The number of benzene rings is 7. The maximum atomic E-state index is 4.50. The third-order valence-corrected chi connectivity index (χ3v) is 15.7. The Morgan fingerprint density at radius 1 is 0.444 bits per heavy atom. The number of aromatic nitrogens is 4. The van der Waals surface area contributed by atoms with E-state index in [1.165, 1.54) is 37.4 Å². The van der Waals surface area contributed by atoms with Crippen LogP contribution in [0.5, 0.6) is 0 Å². The van der Waals surface area contributed by atoms with E-state index in [2.05, 4.69) is 234 Å². The molecule has 0 amide bonds. The summed E-state index contributed by atoms with van der Waals surface area (Å²) < 4.78 is 2.03. The molecular formula is C55H48AgN5P2+2. The molecule has 10 rings (SSSR count). The van der Waals surface area contributed by atoms with Gasteiger partial charge in [-0.3, -0.25) is 9.55 Å². The zero-order valence-corrected chi connectivity index (χ0v) is 38.3. The Bertz CT molecular complexity index is 2450. The fraction of sp³-hybridized carbons (Fsp3) is 0.0364. The van der Waals surface area contributed by atoms with Gasteiger partial charge in [-0.25, -0.2) is 0 Å². The molecule has 3 heterocycles. The van der Waals surface area contributed by atoms with Crippen LogP contribution >= 0.6 is 15.8 Å². The molecule has 0 N–H and O–H groups in total. The summed E-state index contributed by atoms with van der Waals surface area (Å²) in [5.74, 6) is 1.49. The largest absolute Gasteiger partial charge is 1.00 e. The molecule has 312 valence electrons. The second-order valence-corrected chi connectivity index (χ2v) is 19.5. The second kappa shape index (κ2) is 23.2. The van der Waals surface area contributed by atoms with E-state index in [9.17, 15) is 0 Å². The number of allylic oxidation sites excluding steroid dienone is 2. The van der Waals surface area contributed by atoms with E-state index in [0.717, 1.165) is 17.2 Å². The molecule has 1 aliphatic rings. The number of pyridine rings is 1. The Balaban J connectivity index is 0.000000142. The first-order valence-corrected chi connectivity index (χ1v) is 23.8. The van der Waals surface area contributed by atoms with Crippen molar-refractivity contribution in [1.82, 2.24) is 19.7 Å². The molecule has 9 aromatic rings. The smallest absolute Gasteiger partial charge is 0.679 e. The first-order chi connectivity index (χ1) is 30.7. The van der Waals surface area contributed by atoms with Crippen LogP contribution in [0.3, 0.4) is 0 Å².